The molecule has 8 heteroatoms. The number of H-pyrrole nitrogens is 1. The van der Waals surface area contributed by atoms with Gasteiger partial charge < -0.3 is 9.55 Å². The number of hydrogen-bond donors (Lipinski definition) is 2. The lowest BCUT2D eigenvalue weighted by molar-refractivity contribution is 0.100. The number of para-hydroxylation sites is 2. The van der Waals surface area contributed by atoms with Crippen molar-refractivity contribution < 1.29 is 4.79 Å². The number of nitrogens with one attached hydrogen (secondary N) is 2. The minimum absolute atomic E-state index is 0.0538. The largest absolute Gasteiger partial charge is 0.348 e. The third-order valence-corrected chi connectivity index (χ3v) is 5.34. The molecule has 2 heterocycles. The monoisotopic (exact) mass is 418 g/mol. The van der Waals surface area contributed by atoms with Crippen LogP contribution in [-0.4, -0.2) is 20.1 Å². The number of nitrogens with zero attached hydrogens (tertiary/aromatic N) is 2. The molecule has 4 aromatic rings. The number of benzene rings is 2. The second-order valence-corrected chi connectivity index (χ2v) is 7.23. The summed E-state index contributed by atoms with van der Waals surface area (Å²) in [5, 5.41) is 1.05. The summed E-state index contributed by atoms with van der Waals surface area (Å²) < 4.78 is 2.14. The van der Waals surface area contributed by atoms with Crippen molar-refractivity contribution in [1.82, 2.24) is 14.2 Å². The van der Waals surface area contributed by atoms with E-state index in [2.05, 4.69) is 10.4 Å². The number of hydrogen-bond acceptors (Lipinski definition) is 4. The van der Waals surface area contributed by atoms with E-state index < -0.39 is 22.7 Å². The van der Waals surface area contributed by atoms with E-state index in [-0.39, 0.29) is 10.9 Å². The first-order chi connectivity index (χ1) is 15.0. The quantitative estimate of drug-likeness (QED) is 0.519. The maximum Gasteiger partial charge on any atom is 0.348 e. The van der Waals surface area contributed by atoms with Crippen LogP contribution in [0.5, 0.6) is 0 Å². The standard InChI is InChI=1S/C23H22N4O4/c1-3-9-15-14-10-6-8-13-18(14)26(4-2)22(30)19(15)20(28)25-27-21(29)16-11-5-7-12-17(16)24-23(27)31/h5-8,10-13H,3-4,9H2,1-2H3,(H,24,31)(H,25,28). The first-order valence-corrected chi connectivity index (χ1v) is 10.2. The van der Waals surface area contributed by atoms with Crippen LogP contribution in [0.4, 0.5) is 0 Å². The SMILES string of the molecule is CCCc1c(C(=O)Nn2c(=O)[nH]c3ccccc3c2=O)c(=O)n(CC)c2ccccc12. The highest BCUT2D eigenvalue weighted by molar-refractivity contribution is 6.04. The van der Waals surface area contributed by atoms with Crippen molar-refractivity contribution in [3.05, 3.63) is 90.8 Å². The molecule has 2 aromatic carbocycles. The minimum Gasteiger partial charge on any atom is -0.308 e. The van der Waals surface area contributed by atoms with Gasteiger partial charge in [-0.25, -0.2) is 4.79 Å². The van der Waals surface area contributed by atoms with Crippen LogP contribution < -0.4 is 22.2 Å². The number of fused-ring (bicyclic) bond motifs is 2. The van der Waals surface area contributed by atoms with Crippen LogP contribution in [0.2, 0.25) is 0 Å². The second kappa shape index (κ2) is 8.06. The highest BCUT2D eigenvalue weighted by Crippen LogP contribution is 2.22. The van der Waals surface area contributed by atoms with Crippen molar-refractivity contribution >= 4 is 27.7 Å². The van der Waals surface area contributed by atoms with E-state index in [1.165, 1.54) is 4.57 Å². The smallest absolute Gasteiger partial charge is 0.308 e. The Bertz CT molecular complexity index is 1490. The molecule has 1 amide bonds. The lowest BCUT2D eigenvalue weighted by Gasteiger charge is -2.17. The Labute approximate surface area is 176 Å². The molecule has 0 fully saturated rings. The number of rotatable bonds is 5. The van der Waals surface area contributed by atoms with Gasteiger partial charge in [0, 0.05) is 11.9 Å². The zero-order valence-corrected chi connectivity index (χ0v) is 17.3. The summed E-state index contributed by atoms with van der Waals surface area (Å²) in [4.78, 5) is 54.3. The number of carbonyl (C=O) groups excluding carboxylic acids is 1. The molecular formula is C23H22N4O4. The van der Waals surface area contributed by atoms with Gasteiger partial charge in [-0.3, -0.25) is 19.8 Å². The van der Waals surface area contributed by atoms with Crippen molar-refractivity contribution in [2.24, 2.45) is 0 Å². The fourth-order valence-electron chi connectivity index (χ4n) is 3.95. The van der Waals surface area contributed by atoms with Crippen LogP contribution in [0.15, 0.2) is 62.9 Å². The first-order valence-electron chi connectivity index (χ1n) is 10.2. The topological polar surface area (TPSA) is 106 Å². The Morgan fingerprint density at radius 2 is 1.61 bits per heavy atom. The molecule has 0 saturated heterocycles. The van der Waals surface area contributed by atoms with Gasteiger partial charge in [-0.15, -0.1) is 0 Å². The normalized spacial score (nSPS) is 11.2. The van der Waals surface area contributed by atoms with Crippen LogP contribution in [0, 0.1) is 0 Å². The molecule has 0 unspecified atom stereocenters. The maximum absolute atomic E-state index is 13.3. The van der Waals surface area contributed by atoms with Crippen LogP contribution in [-0.2, 0) is 13.0 Å². The number of carbonyl (C=O) groups is 1. The van der Waals surface area contributed by atoms with Gasteiger partial charge in [-0.2, -0.15) is 4.68 Å². The molecule has 8 nitrogen and oxygen atoms in total. The summed E-state index contributed by atoms with van der Waals surface area (Å²) in [5.74, 6) is -0.788. The van der Waals surface area contributed by atoms with Crippen LogP contribution in [0.3, 0.4) is 0 Å². The van der Waals surface area contributed by atoms with Crippen LogP contribution >= 0.6 is 0 Å². The van der Waals surface area contributed by atoms with E-state index in [0.29, 0.717) is 28.7 Å². The average Bonchev–Trinajstić information content (AvgIpc) is 2.77. The van der Waals surface area contributed by atoms with E-state index in [4.69, 9.17) is 0 Å². The number of pyridine rings is 1. The number of aromatic nitrogens is 3. The molecule has 2 N–H and O–H groups in total. The van der Waals surface area contributed by atoms with Gasteiger partial charge in [-0.1, -0.05) is 43.7 Å². The highest BCUT2D eigenvalue weighted by Gasteiger charge is 2.22. The van der Waals surface area contributed by atoms with E-state index in [1.807, 2.05) is 38.1 Å². The second-order valence-electron chi connectivity index (χ2n) is 7.23. The Morgan fingerprint density at radius 3 is 2.32 bits per heavy atom. The molecular weight excluding hydrogens is 396 g/mol. The van der Waals surface area contributed by atoms with Gasteiger partial charge in [0.05, 0.1) is 16.4 Å². The summed E-state index contributed by atoms with van der Waals surface area (Å²) in [6.07, 6.45) is 1.22. The van der Waals surface area contributed by atoms with Gasteiger partial charge in [0.1, 0.15) is 5.56 Å². The zero-order valence-electron chi connectivity index (χ0n) is 17.3. The molecule has 0 bridgehead atoms. The lowest BCUT2D eigenvalue weighted by Crippen LogP contribution is -2.45. The Hall–Kier alpha value is -3.94. The zero-order chi connectivity index (χ0) is 22.1. The third kappa shape index (κ3) is 3.35. The molecule has 0 aliphatic heterocycles. The van der Waals surface area contributed by atoms with E-state index in [9.17, 15) is 19.2 Å². The molecule has 0 aliphatic rings. The minimum atomic E-state index is -0.788. The Kier molecular flexibility index (Phi) is 5.29. The first kappa shape index (κ1) is 20.3. The summed E-state index contributed by atoms with van der Waals surface area (Å²) in [7, 11) is 0. The van der Waals surface area contributed by atoms with Crippen LogP contribution in [0.25, 0.3) is 21.8 Å². The van der Waals surface area contributed by atoms with Gasteiger partial charge in [0.2, 0.25) is 0 Å². The van der Waals surface area contributed by atoms with Gasteiger partial charge >= 0.3 is 5.69 Å². The van der Waals surface area contributed by atoms with E-state index >= 15 is 0 Å². The molecule has 0 spiro atoms. The number of amides is 1. The Morgan fingerprint density at radius 1 is 0.935 bits per heavy atom. The summed E-state index contributed by atoms with van der Waals surface area (Å²) in [5.41, 5.74) is 2.12. The number of aromatic amines is 1. The van der Waals surface area contributed by atoms with Crippen molar-refractivity contribution in [2.45, 2.75) is 33.2 Å². The molecule has 0 radical (unpaired) electrons. The molecule has 31 heavy (non-hydrogen) atoms. The van der Waals surface area contributed by atoms with Gasteiger partial charge in [0.25, 0.3) is 17.0 Å². The predicted molar refractivity (Wildman–Crippen MR) is 120 cm³/mol. The number of aryl methyl sites for hydroxylation is 2. The van der Waals surface area contributed by atoms with Crippen molar-refractivity contribution in [2.75, 3.05) is 5.43 Å². The predicted octanol–water partition coefficient (Wildman–Crippen LogP) is 2.36. The van der Waals surface area contributed by atoms with E-state index in [0.717, 1.165) is 17.3 Å². The fourth-order valence-corrected chi connectivity index (χ4v) is 3.95. The van der Waals surface area contributed by atoms with E-state index in [1.54, 1.807) is 24.3 Å². The molecule has 0 atom stereocenters. The Balaban J connectivity index is 1.93. The molecule has 0 saturated carbocycles. The van der Waals surface area contributed by atoms with Crippen molar-refractivity contribution in [3.8, 4) is 0 Å². The van der Waals surface area contributed by atoms with Gasteiger partial charge in [-0.05, 0) is 37.1 Å². The maximum atomic E-state index is 13.3. The molecule has 2 aromatic heterocycles. The highest BCUT2D eigenvalue weighted by atomic mass is 16.2. The summed E-state index contributed by atoms with van der Waals surface area (Å²) in [6, 6.07) is 13.9. The summed E-state index contributed by atoms with van der Waals surface area (Å²) >= 11 is 0. The molecule has 0 aliphatic carbocycles. The molecule has 158 valence electrons. The molecule has 4 rings (SSSR count). The lowest BCUT2D eigenvalue weighted by atomic mass is 9.98. The van der Waals surface area contributed by atoms with Gasteiger partial charge in [0.15, 0.2) is 0 Å². The van der Waals surface area contributed by atoms with Crippen molar-refractivity contribution in [1.29, 1.82) is 0 Å². The summed E-state index contributed by atoms with van der Waals surface area (Å²) in [6.45, 7) is 4.16. The fraction of sp³-hybridized carbons (Fsp3) is 0.217. The van der Waals surface area contributed by atoms with Crippen molar-refractivity contribution in [3.63, 3.8) is 0 Å². The van der Waals surface area contributed by atoms with Crippen LogP contribution in [0.1, 0.15) is 36.2 Å². The third-order valence-electron chi connectivity index (χ3n) is 5.34. The average molecular weight is 418 g/mol.